The van der Waals surface area contributed by atoms with Crippen molar-refractivity contribution in [2.45, 2.75) is 38.2 Å². The first-order valence-corrected chi connectivity index (χ1v) is 5.86. The van der Waals surface area contributed by atoms with Crippen LogP contribution < -0.4 is 0 Å². The minimum Gasteiger partial charge on any atom is -0.390 e. The van der Waals surface area contributed by atoms with E-state index in [0.717, 1.165) is 19.3 Å². The predicted octanol–water partition coefficient (Wildman–Crippen LogP) is 2.35. The lowest BCUT2D eigenvalue weighted by atomic mass is 10.0. The van der Waals surface area contributed by atoms with Gasteiger partial charge in [-0.05, 0) is 37.7 Å². The third kappa shape index (κ3) is 2.70. The largest absolute Gasteiger partial charge is 0.390 e. The molecule has 2 rings (SSSR count). The van der Waals surface area contributed by atoms with Crippen molar-refractivity contribution >= 4 is 5.78 Å². The summed E-state index contributed by atoms with van der Waals surface area (Å²) in [5.41, 5.74) is 0.686. The van der Waals surface area contributed by atoms with E-state index in [0.29, 0.717) is 6.42 Å². The third-order valence-electron chi connectivity index (χ3n) is 3.42. The average molecular weight is 218 g/mol. The number of hydrogen-bond acceptors (Lipinski definition) is 2. The molecule has 0 spiro atoms. The summed E-state index contributed by atoms with van der Waals surface area (Å²) in [6, 6.07) is 10.2. The summed E-state index contributed by atoms with van der Waals surface area (Å²) in [7, 11) is 0. The maximum absolute atomic E-state index is 10.9. The number of rotatable bonds is 5. The number of carbonyl (C=O) groups is 1. The van der Waals surface area contributed by atoms with E-state index in [9.17, 15) is 9.90 Å². The van der Waals surface area contributed by atoms with Crippen molar-refractivity contribution in [1.82, 2.24) is 0 Å². The zero-order chi connectivity index (χ0) is 11.6. The molecular formula is C14H18O2. The van der Waals surface area contributed by atoms with Gasteiger partial charge in [-0.2, -0.15) is 0 Å². The summed E-state index contributed by atoms with van der Waals surface area (Å²) in [6.07, 6.45) is 2.99. The molecule has 0 radical (unpaired) electrons. The van der Waals surface area contributed by atoms with Crippen LogP contribution in [0.1, 0.15) is 31.7 Å². The molecule has 2 atom stereocenters. The molecule has 1 aromatic rings. The van der Waals surface area contributed by atoms with Crippen LogP contribution in [0.5, 0.6) is 0 Å². The first-order chi connectivity index (χ1) is 7.60. The third-order valence-corrected chi connectivity index (χ3v) is 3.42. The smallest absolute Gasteiger partial charge is 0.130 e. The van der Waals surface area contributed by atoms with E-state index in [4.69, 9.17) is 0 Å². The van der Waals surface area contributed by atoms with Crippen LogP contribution in [0.25, 0.3) is 0 Å². The highest BCUT2D eigenvalue weighted by molar-refractivity contribution is 5.76. The van der Waals surface area contributed by atoms with E-state index < -0.39 is 5.60 Å². The molecule has 1 aliphatic carbocycles. The normalized spacial score (nSPS) is 27.8. The minimum atomic E-state index is -0.568. The highest BCUT2D eigenvalue weighted by Crippen LogP contribution is 2.48. The number of carbonyl (C=O) groups excluding carboxylic acids is 1. The Kier molecular flexibility index (Phi) is 3.10. The van der Waals surface area contributed by atoms with E-state index in [-0.39, 0.29) is 11.7 Å². The standard InChI is InChI=1S/C14H18O2/c1-11(15)9-13-10-14(13,16)8-7-12-5-3-2-4-6-12/h2-6,13,16H,7-10H2,1H3/t13-,14+/m0/s1. The fourth-order valence-electron chi connectivity index (χ4n) is 2.29. The van der Waals surface area contributed by atoms with Crippen molar-refractivity contribution in [2.75, 3.05) is 0 Å². The van der Waals surface area contributed by atoms with Crippen LogP contribution in [0.4, 0.5) is 0 Å². The molecule has 0 aromatic heterocycles. The second-order valence-electron chi connectivity index (χ2n) is 4.90. The summed E-state index contributed by atoms with van der Waals surface area (Å²) >= 11 is 0. The lowest BCUT2D eigenvalue weighted by Gasteiger charge is -2.09. The number of aliphatic hydroxyl groups is 1. The molecule has 1 aromatic carbocycles. The number of aryl methyl sites for hydroxylation is 1. The molecule has 1 fully saturated rings. The zero-order valence-electron chi connectivity index (χ0n) is 9.65. The van der Waals surface area contributed by atoms with E-state index in [1.54, 1.807) is 6.92 Å². The lowest BCUT2D eigenvalue weighted by molar-refractivity contribution is -0.117. The van der Waals surface area contributed by atoms with Crippen LogP contribution in [0.15, 0.2) is 30.3 Å². The molecule has 2 nitrogen and oxygen atoms in total. The minimum absolute atomic E-state index is 0.181. The Bertz CT molecular complexity index is 372. The summed E-state index contributed by atoms with van der Waals surface area (Å²) in [5, 5.41) is 10.1. The summed E-state index contributed by atoms with van der Waals surface area (Å²) in [5.74, 6) is 0.384. The molecule has 0 unspecified atom stereocenters. The Morgan fingerprint density at radius 3 is 2.75 bits per heavy atom. The summed E-state index contributed by atoms with van der Waals surface area (Å²) in [6.45, 7) is 1.59. The molecule has 1 saturated carbocycles. The summed E-state index contributed by atoms with van der Waals surface area (Å²) in [4.78, 5) is 10.9. The fourth-order valence-corrected chi connectivity index (χ4v) is 2.29. The van der Waals surface area contributed by atoms with Gasteiger partial charge in [-0.3, -0.25) is 0 Å². The van der Waals surface area contributed by atoms with Gasteiger partial charge in [-0.1, -0.05) is 30.3 Å². The van der Waals surface area contributed by atoms with Gasteiger partial charge in [0.1, 0.15) is 5.78 Å². The van der Waals surface area contributed by atoms with E-state index in [1.807, 2.05) is 18.2 Å². The van der Waals surface area contributed by atoms with E-state index in [2.05, 4.69) is 12.1 Å². The van der Waals surface area contributed by atoms with Gasteiger partial charge in [-0.15, -0.1) is 0 Å². The van der Waals surface area contributed by atoms with Crippen LogP contribution in [-0.2, 0) is 11.2 Å². The Morgan fingerprint density at radius 2 is 2.12 bits per heavy atom. The molecule has 0 amide bonds. The topological polar surface area (TPSA) is 37.3 Å². The quantitative estimate of drug-likeness (QED) is 0.823. The number of benzene rings is 1. The van der Waals surface area contributed by atoms with Gasteiger partial charge < -0.3 is 9.90 Å². The fraction of sp³-hybridized carbons (Fsp3) is 0.500. The zero-order valence-corrected chi connectivity index (χ0v) is 9.65. The van der Waals surface area contributed by atoms with Crippen LogP contribution in [0.2, 0.25) is 0 Å². The number of hydrogen-bond donors (Lipinski definition) is 1. The Hall–Kier alpha value is -1.15. The van der Waals surface area contributed by atoms with E-state index >= 15 is 0 Å². The van der Waals surface area contributed by atoms with Crippen molar-refractivity contribution in [2.24, 2.45) is 5.92 Å². The lowest BCUT2D eigenvalue weighted by Crippen LogP contribution is -2.13. The molecular weight excluding hydrogens is 200 g/mol. The molecule has 2 heteroatoms. The molecule has 16 heavy (non-hydrogen) atoms. The first-order valence-electron chi connectivity index (χ1n) is 5.86. The average Bonchev–Trinajstić information content (AvgIpc) is 2.88. The SMILES string of the molecule is CC(=O)C[C@H]1C[C@]1(O)CCc1ccccc1. The van der Waals surface area contributed by atoms with Gasteiger partial charge in [0.05, 0.1) is 5.60 Å². The van der Waals surface area contributed by atoms with Crippen molar-refractivity contribution < 1.29 is 9.90 Å². The van der Waals surface area contributed by atoms with Crippen LogP contribution >= 0.6 is 0 Å². The van der Waals surface area contributed by atoms with Gasteiger partial charge in [-0.25, -0.2) is 0 Å². The van der Waals surface area contributed by atoms with Gasteiger partial charge in [0.25, 0.3) is 0 Å². The second kappa shape index (κ2) is 4.38. The van der Waals surface area contributed by atoms with Crippen molar-refractivity contribution in [3.05, 3.63) is 35.9 Å². The Balaban J connectivity index is 1.82. The van der Waals surface area contributed by atoms with Crippen molar-refractivity contribution in [3.8, 4) is 0 Å². The van der Waals surface area contributed by atoms with Gasteiger partial charge in [0.15, 0.2) is 0 Å². The predicted molar refractivity (Wildman–Crippen MR) is 63.1 cm³/mol. The molecule has 86 valence electrons. The molecule has 1 aliphatic rings. The molecule has 0 aliphatic heterocycles. The summed E-state index contributed by atoms with van der Waals surface area (Å²) < 4.78 is 0. The molecule has 0 bridgehead atoms. The molecule has 0 saturated heterocycles. The van der Waals surface area contributed by atoms with Crippen LogP contribution in [0, 0.1) is 5.92 Å². The van der Waals surface area contributed by atoms with Crippen LogP contribution in [0.3, 0.4) is 0 Å². The van der Waals surface area contributed by atoms with Gasteiger partial charge >= 0.3 is 0 Å². The monoisotopic (exact) mass is 218 g/mol. The Morgan fingerprint density at radius 1 is 1.44 bits per heavy atom. The van der Waals surface area contributed by atoms with E-state index in [1.165, 1.54) is 5.56 Å². The molecule has 0 heterocycles. The second-order valence-corrected chi connectivity index (χ2v) is 4.90. The highest BCUT2D eigenvalue weighted by Gasteiger charge is 2.52. The molecule has 1 N–H and O–H groups in total. The maximum Gasteiger partial charge on any atom is 0.130 e. The van der Waals surface area contributed by atoms with Crippen LogP contribution in [-0.4, -0.2) is 16.5 Å². The maximum atomic E-state index is 10.9. The first kappa shape index (κ1) is 11.3. The van der Waals surface area contributed by atoms with Crippen molar-refractivity contribution in [3.63, 3.8) is 0 Å². The number of Topliss-reactive ketones (excluding diaryl/α,β-unsaturated/α-hetero) is 1. The van der Waals surface area contributed by atoms with Gasteiger partial charge in [0.2, 0.25) is 0 Å². The Labute approximate surface area is 96.3 Å². The van der Waals surface area contributed by atoms with Gasteiger partial charge in [0, 0.05) is 6.42 Å². The van der Waals surface area contributed by atoms with Crippen molar-refractivity contribution in [1.29, 1.82) is 0 Å². The number of ketones is 1. The highest BCUT2D eigenvalue weighted by atomic mass is 16.3.